The Kier molecular flexibility index (Phi) is 6.41. The highest BCUT2D eigenvalue weighted by Gasteiger charge is 2.28. The summed E-state index contributed by atoms with van der Waals surface area (Å²) >= 11 is 0. The zero-order valence-electron chi connectivity index (χ0n) is 17.8. The van der Waals surface area contributed by atoms with E-state index in [1.54, 1.807) is 12.4 Å². The first kappa shape index (κ1) is 20.8. The van der Waals surface area contributed by atoms with Crippen LogP contribution >= 0.6 is 0 Å². The van der Waals surface area contributed by atoms with Gasteiger partial charge in [-0.15, -0.1) is 0 Å². The molecule has 1 saturated heterocycles. The summed E-state index contributed by atoms with van der Waals surface area (Å²) in [6.07, 6.45) is 4.31. The van der Waals surface area contributed by atoms with Crippen LogP contribution in [0.2, 0.25) is 0 Å². The van der Waals surface area contributed by atoms with Crippen molar-refractivity contribution in [2.24, 2.45) is 5.92 Å². The number of carbonyl (C=O) groups is 2. The third-order valence-corrected chi connectivity index (χ3v) is 5.77. The van der Waals surface area contributed by atoms with Crippen LogP contribution < -0.4 is 5.32 Å². The number of nitrogens with one attached hydrogen (secondary N) is 1. The fraction of sp³-hybridized carbons (Fsp3) is 0.269. The first-order chi connectivity index (χ1) is 15.1. The Bertz CT molecular complexity index is 1050. The molecule has 2 aromatic carbocycles. The van der Waals surface area contributed by atoms with Gasteiger partial charge in [0, 0.05) is 32.0 Å². The van der Waals surface area contributed by atoms with E-state index in [9.17, 15) is 9.59 Å². The van der Waals surface area contributed by atoms with Gasteiger partial charge in [0.2, 0.25) is 11.8 Å². The summed E-state index contributed by atoms with van der Waals surface area (Å²) < 4.78 is 0. The molecular formula is C26H27N3O2. The van der Waals surface area contributed by atoms with E-state index in [2.05, 4.69) is 53.6 Å². The van der Waals surface area contributed by atoms with Crippen LogP contribution in [-0.4, -0.2) is 41.3 Å². The van der Waals surface area contributed by atoms with Crippen molar-refractivity contribution in [2.75, 3.05) is 19.6 Å². The second-order valence-corrected chi connectivity index (χ2v) is 8.09. The van der Waals surface area contributed by atoms with Gasteiger partial charge < -0.3 is 10.2 Å². The number of benzene rings is 2. The van der Waals surface area contributed by atoms with Gasteiger partial charge >= 0.3 is 0 Å². The summed E-state index contributed by atoms with van der Waals surface area (Å²) in [6.45, 7) is 3.50. The number of aromatic nitrogens is 1. The van der Waals surface area contributed by atoms with Crippen molar-refractivity contribution in [1.82, 2.24) is 15.2 Å². The van der Waals surface area contributed by atoms with E-state index >= 15 is 0 Å². The number of amides is 2. The molecule has 1 aliphatic rings. The van der Waals surface area contributed by atoms with Crippen LogP contribution in [0.3, 0.4) is 0 Å². The Balaban J connectivity index is 1.52. The summed E-state index contributed by atoms with van der Waals surface area (Å²) in [5, 5.41) is 2.99. The molecule has 158 valence electrons. The number of aryl methyl sites for hydroxylation is 1. The van der Waals surface area contributed by atoms with Crippen molar-refractivity contribution < 1.29 is 9.59 Å². The summed E-state index contributed by atoms with van der Waals surface area (Å²) in [5.41, 5.74) is 5.49. The number of pyridine rings is 1. The molecule has 5 nitrogen and oxygen atoms in total. The standard InChI is InChI=1S/C26H27N3O2/c1-19-8-10-21(11-9-19)24-7-3-2-6-22(24)16-23-18-29(14-13-28-26(23)31)25(30)15-20-5-4-12-27-17-20/h2-12,17,23H,13-16,18H2,1H3,(H,28,31). The predicted octanol–water partition coefficient (Wildman–Crippen LogP) is 3.42. The van der Waals surface area contributed by atoms with Crippen LogP contribution in [0.5, 0.6) is 0 Å². The van der Waals surface area contributed by atoms with Crippen molar-refractivity contribution in [3.63, 3.8) is 0 Å². The minimum atomic E-state index is -0.285. The Morgan fingerprint density at radius 2 is 1.90 bits per heavy atom. The molecule has 0 spiro atoms. The lowest BCUT2D eigenvalue weighted by molar-refractivity contribution is -0.131. The number of hydrogen-bond donors (Lipinski definition) is 1. The van der Waals surface area contributed by atoms with E-state index in [0.717, 1.165) is 22.3 Å². The number of hydrogen-bond acceptors (Lipinski definition) is 3. The van der Waals surface area contributed by atoms with E-state index in [-0.39, 0.29) is 17.7 Å². The molecule has 0 radical (unpaired) electrons. The van der Waals surface area contributed by atoms with Gasteiger partial charge in [-0.1, -0.05) is 60.2 Å². The lowest BCUT2D eigenvalue weighted by Gasteiger charge is -2.24. The molecule has 1 N–H and O–H groups in total. The highest BCUT2D eigenvalue weighted by atomic mass is 16.2. The summed E-state index contributed by atoms with van der Waals surface area (Å²) in [5.74, 6) is -0.247. The smallest absolute Gasteiger partial charge is 0.227 e. The van der Waals surface area contributed by atoms with Gasteiger partial charge in [0.25, 0.3) is 0 Å². The number of carbonyl (C=O) groups excluding carboxylic acids is 2. The van der Waals surface area contributed by atoms with Crippen LogP contribution in [-0.2, 0) is 22.4 Å². The molecular weight excluding hydrogens is 386 g/mol. The van der Waals surface area contributed by atoms with E-state index < -0.39 is 0 Å². The molecule has 1 unspecified atom stereocenters. The minimum absolute atomic E-state index is 0.00962. The van der Waals surface area contributed by atoms with Gasteiger partial charge in [0.15, 0.2) is 0 Å². The van der Waals surface area contributed by atoms with Crippen molar-refractivity contribution in [3.8, 4) is 11.1 Å². The van der Waals surface area contributed by atoms with Crippen molar-refractivity contribution >= 4 is 11.8 Å². The lowest BCUT2D eigenvalue weighted by Crippen LogP contribution is -2.38. The van der Waals surface area contributed by atoms with Gasteiger partial charge in [-0.3, -0.25) is 14.6 Å². The zero-order valence-corrected chi connectivity index (χ0v) is 17.8. The molecule has 3 aromatic rings. The number of rotatable bonds is 5. The Morgan fingerprint density at radius 1 is 1.10 bits per heavy atom. The van der Waals surface area contributed by atoms with Crippen LogP contribution in [0.1, 0.15) is 16.7 Å². The second kappa shape index (κ2) is 9.56. The lowest BCUT2D eigenvalue weighted by atomic mass is 9.91. The van der Waals surface area contributed by atoms with Crippen molar-refractivity contribution in [1.29, 1.82) is 0 Å². The molecule has 0 bridgehead atoms. The third kappa shape index (κ3) is 5.18. The SMILES string of the molecule is Cc1ccc(-c2ccccc2CC2CN(C(=O)Cc3cccnc3)CCNC2=O)cc1. The Labute approximate surface area is 183 Å². The van der Waals surface area contributed by atoms with Crippen molar-refractivity contribution in [3.05, 3.63) is 89.7 Å². The third-order valence-electron chi connectivity index (χ3n) is 5.77. The highest BCUT2D eigenvalue weighted by Crippen LogP contribution is 2.27. The molecule has 2 amide bonds. The van der Waals surface area contributed by atoms with Crippen LogP contribution in [0, 0.1) is 12.8 Å². The van der Waals surface area contributed by atoms with Crippen molar-refractivity contribution in [2.45, 2.75) is 19.8 Å². The average Bonchev–Trinajstić information content (AvgIpc) is 2.97. The molecule has 0 saturated carbocycles. The zero-order chi connectivity index (χ0) is 21.6. The van der Waals surface area contributed by atoms with E-state index in [1.807, 2.05) is 29.2 Å². The Morgan fingerprint density at radius 3 is 2.68 bits per heavy atom. The number of nitrogens with zero attached hydrogens (tertiary/aromatic N) is 2. The summed E-state index contributed by atoms with van der Waals surface area (Å²) in [7, 11) is 0. The molecule has 1 fully saturated rings. The van der Waals surface area contributed by atoms with E-state index in [1.165, 1.54) is 5.56 Å². The average molecular weight is 414 g/mol. The Hall–Kier alpha value is -3.47. The topological polar surface area (TPSA) is 62.3 Å². The maximum Gasteiger partial charge on any atom is 0.227 e. The molecule has 1 aliphatic heterocycles. The van der Waals surface area contributed by atoms with Gasteiger partial charge in [-0.25, -0.2) is 0 Å². The van der Waals surface area contributed by atoms with Crippen LogP contribution in [0.4, 0.5) is 0 Å². The predicted molar refractivity (Wildman–Crippen MR) is 121 cm³/mol. The fourth-order valence-electron chi connectivity index (χ4n) is 4.05. The minimum Gasteiger partial charge on any atom is -0.354 e. The first-order valence-corrected chi connectivity index (χ1v) is 10.7. The van der Waals surface area contributed by atoms with Gasteiger partial charge in [0.1, 0.15) is 0 Å². The normalized spacial score (nSPS) is 16.5. The van der Waals surface area contributed by atoms with E-state index in [4.69, 9.17) is 0 Å². The molecule has 31 heavy (non-hydrogen) atoms. The van der Waals surface area contributed by atoms with Gasteiger partial charge in [-0.05, 0) is 41.7 Å². The van der Waals surface area contributed by atoms with Gasteiger partial charge in [-0.2, -0.15) is 0 Å². The van der Waals surface area contributed by atoms with E-state index in [0.29, 0.717) is 32.5 Å². The summed E-state index contributed by atoms with van der Waals surface area (Å²) in [4.78, 5) is 31.6. The highest BCUT2D eigenvalue weighted by molar-refractivity contribution is 5.83. The molecule has 1 atom stereocenters. The molecule has 1 aromatic heterocycles. The molecule has 0 aliphatic carbocycles. The summed E-state index contributed by atoms with van der Waals surface area (Å²) in [6, 6.07) is 20.4. The maximum absolute atomic E-state index is 12.9. The first-order valence-electron chi connectivity index (χ1n) is 10.7. The molecule has 2 heterocycles. The maximum atomic E-state index is 12.9. The molecule has 5 heteroatoms. The quantitative estimate of drug-likeness (QED) is 0.697. The van der Waals surface area contributed by atoms with Gasteiger partial charge in [0.05, 0.1) is 12.3 Å². The second-order valence-electron chi connectivity index (χ2n) is 8.09. The van der Waals surface area contributed by atoms with Crippen LogP contribution in [0.15, 0.2) is 73.1 Å². The molecule has 4 rings (SSSR count). The fourth-order valence-corrected chi connectivity index (χ4v) is 4.05. The monoisotopic (exact) mass is 413 g/mol. The largest absolute Gasteiger partial charge is 0.354 e. The van der Waals surface area contributed by atoms with Crippen LogP contribution in [0.25, 0.3) is 11.1 Å².